The largest absolute Gasteiger partial charge is 0.461 e. The van der Waals surface area contributed by atoms with Crippen LogP contribution in [0.15, 0.2) is 18.2 Å². The first kappa shape index (κ1) is 15.4. The average molecular weight is 428 g/mol. The third kappa shape index (κ3) is 2.38. The highest BCUT2D eigenvalue weighted by atomic mass is 127. The minimum Gasteiger partial charge on any atom is -0.461 e. The van der Waals surface area contributed by atoms with Gasteiger partial charge in [-0.05, 0) is 59.2 Å². The Labute approximate surface area is 147 Å². The highest BCUT2D eigenvalue weighted by Gasteiger charge is 2.68. The van der Waals surface area contributed by atoms with Gasteiger partial charge >= 0.3 is 11.9 Å². The number of benzene rings is 1. The minimum atomic E-state index is -0.736. The number of carbonyl (C=O) groups is 2. The van der Waals surface area contributed by atoms with Gasteiger partial charge in [0.25, 0.3) is 0 Å². The lowest BCUT2D eigenvalue weighted by atomic mass is 9.78. The van der Waals surface area contributed by atoms with Crippen LogP contribution in [-0.2, 0) is 25.7 Å². The molecule has 1 aliphatic heterocycles. The first-order chi connectivity index (χ1) is 11.0. The number of halogens is 1. The van der Waals surface area contributed by atoms with Crippen molar-refractivity contribution >= 4 is 34.5 Å². The maximum Gasteiger partial charge on any atom is 0.310 e. The third-order valence-electron chi connectivity index (χ3n) is 5.33. The molecule has 23 heavy (non-hydrogen) atoms. The van der Waals surface area contributed by atoms with Gasteiger partial charge in [0.15, 0.2) is 0 Å². The molecular formula is C17H17IO5. The fourth-order valence-electron chi connectivity index (χ4n) is 4.49. The molecule has 0 aromatic heterocycles. The first-order valence-corrected chi connectivity index (χ1v) is 8.85. The smallest absolute Gasteiger partial charge is 0.310 e. The Hall–Kier alpha value is -1.15. The Bertz CT molecular complexity index is 667. The lowest BCUT2D eigenvalue weighted by Gasteiger charge is -2.27. The zero-order valence-corrected chi connectivity index (χ0v) is 14.7. The van der Waals surface area contributed by atoms with Crippen molar-refractivity contribution in [3.05, 3.63) is 32.9 Å². The number of hydrogen-bond acceptors (Lipinski definition) is 5. The van der Waals surface area contributed by atoms with Crippen LogP contribution in [0.4, 0.5) is 0 Å². The van der Waals surface area contributed by atoms with Gasteiger partial charge in [0.05, 0.1) is 17.9 Å². The van der Waals surface area contributed by atoms with E-state index in [1.807, 2.05) is 25.1 Å². The predicted octanol–water partition coefficient (Wildman–Crippen LogP) is 1.81. The van der Waals surface area contributed by atoms with Gasteiger partial charge in [-0.1, -0.05) is 6.07 Å². The summed E-state index contributed by atoms with van der Waals surface area (Å²) in [5.41, 5.74) is 2.04. The Morgan fingerprint density at radius 2 is 2.17 bits per heavy atom. The van der Waals surface area contributed by atoms with E-state index in [1.165, 1.54) is 0 Å². The fraction of sp³-hybridized carbons (Fsp3) is 0.529. The molecule has 0 amide bonds. The molecule has 1 aromatic rings. The summed E-state index contributed by atoms with van der Waals surface area (Å²) in [5.74, 6) is -1.99. The Morgan fingerprint density at radius 1 is 1.39 bits per heavy atom. The summed E-state index contributed by atoms with van der Waals surface area (Å²) < 4.78 is 11.8. The number of esters is 2. The standard InChI is InChI=1S/C17H17IO5/c1-7-2-8(4-9(18)3-7)6-22-16(20)12-10-5-11-13(12)17(21)23-15(11)14(10)19/h2-4,10-15,19H,5-6H2,1H3. The van der Waals surface area contributed by atoms with Crippen LogP contribution in [0.3, 0.4) is 0 Å². The number of rotatable bonds is 3. The van der Waals surface area contributed by atoms with Gasteiger partial charge in [0.2, 0.25) is 0 Å². The Morgan fingerprint density at radius 3 is 2.91 bits per heavy atom. The maximum absolute atomic E-state index is 12.5. The molecule has 4 rings (SSSR count). The van der Waals surface area contributed by atoms with Gasteiger partial charge in [-0.2, -0.15) is 0 Å². The Balaban J connectivity index is 1.48. The number of fused-ring (bicyclic) bond motifs is 1. The van der Waals surface area contributed by atoms with Crippen LogP contribution in [0.5, 0.6) is 0 Å². The molecule has 0 radical (unpaired) electrons. The van der Waals surface area contributed by atoms with E-state index in [-0.39, 0.29) is 24.4 Å². The number of aryl methyl sites for hydroxylation is 1. The highest BCUT2D eigenvalue weighted by Crippen LogP contribution is 2.58. The van der Waals surface area contributed by atoms with Gasteiger partial charge in [-0.15, -0.1) is 0 Å². The number of ether oxygens (including phenoxy) is 2. The summed E-state index contributed by atoms with van der Waals surface area (Å²) in [6.07, 6.45) is -0.482. The quantitative estimate of drug-likeness (QED) is 0.588. The summed E-state index contributed by atoms with van der Waals surface area (Å²) in [5, 5.41) is 10.2. The van der Waals surface area contributed by atoms with E-state index >= 15 is 0 Å². The van der Waals surface area contributed by atoms with Crippen LogP contribution < -0.4 is 0 Å². The summed E-state index contributed by atoms with van der Waals surface area (Å²) in [6, 6.07) is 5.99. The normalized spacial score (nSPS) is 37.1. The SMILES string of the molecule is Cc1cc(I)cc(COC(=O)C2C3CC4C(OC(=O)C42)C3O)c1. The zero-order chi connectivity index (χ0) is 16.3. The monoisotopic (exact) mass is 428 g/mol. The topological polar surface area (TPSA) is 72.8 Å². The zero-order valence-electron chi connectivity index (χ0n) is 12.6. The van der Waals surface area contributed by atoms with E-state index in [1.54, 1.807) is 0 Å². The molecule has 1 aromatic carbocycles. The molecule has 1 N–H and O–H groups in total. The summed E-state index contributed by atoms with van der Waals surface area (Å²) in [6.45, 7) is 2.18. The van der Waals surface area contributed by atoms with Crippen molar-refractivity contribution in [1.29, 1.82) is 0 Å². The van der Waals surface area contributed by atoms with Crippen molar-refractivity contribution in [2.45, 2.75) is 32.2 Å². The molecule has 6 atom stereocenters. The van der Waals surface area contributed by atoms with E-state index in [0.29, 0.717) is 6.42 Å². The summed E-state index contributed by atoms with van der Waals surface area (Å²) in [7, 11) is 0. The van der Waals surface area contributed by atoms with Gasteiger partial charge in [-0.3, -0.25) is 9.59 Å². The second-order valence-electron chi connectivity index (χ2n) is 6.75. The molecule has 0 spiro atoms. The molecule has 6 heteroatoms. The molecule has 2 saturated carbocycles. The molecule has 122 valence electrons. The predicted molar refractivity (Wildman–Crippen MR) is 88.2 cm³/mol. The van der Waals surface area contributed by atoms with Crippen LogP contribution in [-0.4, -0.2) is 29.3 Å². The van der Waals surface area contributed by atoms with Crippen molar-refractivity contribution in [2.75, 3.05) is 0 Å². The van der Waals surface area contributed by atoms with Crippen LogP contribution in [0.25, 0.3) is 0 Å². The molecule has 6 unspecified atom stereocenters. The van der Waals surface area contributed by atoms with E-state index < -0.39 is 30.0 Å². The van der Waals surface area contributed by atoms with Crippen LogP contribution in [0, 0.1) is 34.2 Å². The number of aliphatic hydroxyl groups excluding tert-OH is 1. The molecular weight excluding hydrogens is 411 g/mol. The lowest BCUT2D eigenvalue weighted by molar-refractivity contribution is -0.157. The van der Waals surface area contributed by atoms with E-state index in [4.69, 9.17) is 9.47 Å². The molecule has 1 saturated heterocycles. The number of hydrogen-bond donors (Lipinski definition) is 1. The Kier molecular flexibility index (Phi) is 3.64. The van der Waals surface area contributed by atoms with E-state index in [2.05, 4.69) is 22.6 Å². The number of carbonyl (C=O) groups excluding carboxylic acids is 2. The average Bonchev–Trinajstić information content (AvgIpc) is 3.08. The van der Waals surface area contributed by atoms with Gasteiger partial charge in [0.1, 0.15) is 12.7 Å². The molecule has 1 heterocycles. The lowest BCUT2D eigenvalue weighted by Crippen LogP contribution is -2.41. The molecule has 5 nitrogen and oxygen atoms in total. The minimum absolute atomic E-state index is 0.0278. The molecule has 3 aliphatic rings. The van der Waals surface area contributed by atoms with E-state index in [0.717, 1.165) is 14.7 Å². The van der Waals surface area contributed by atoms with Gasteiger partial charge < -0.3 is 14.6 Å². The van der Waals surface area contributed by atoms with Crippen LogP contribution >= 0.6 is 22.6 Å². The van der Waals surface area contributed by atoms with Crippen molar-refractivity contribution < 1.29 is 24.2 Å². The second kappa shape index (κ2) is 5.44. The molecule has 2 bridgehead atoms. The summed E-state index contributed by atoms with van der Waals surface area (Å²) in [4.78, 5) is 24.5. The fourth-order valence-corrected chi connectivity index (χ4v) is 5.38. The van der Waals surface area contributed by atoms with Crippen LogP contribution in [0.1, 0.15) is 17.5 Å². The highest BCUT2D eigenvalue weighted by molar-refractivity contribution is 14.1. The van der Waals surface area contributed by atoms with Gasteiger partial charge in [0, 0.05) is 15.4 Å². The summed E-state index contributed by atoms with van der Waals surface area (Å²) >= 11 is 2.23. The second-order valence-corrected chi connectivity index (χ2v) is 8.00. The third-order valence-corrected chi connectivity index (χ3v) is 5.95. The molecule has 3 fully saturated rings. The maximum atomic E-state index is 12.5. The van der Waals surface area contributed by atoms with Gasteiger partial charge in [-0.25, -0.2) is 0 Å². The molecule has 2 aliphatic carbocycles. The number of aliphatic hydroxyl groups is 1. The van der Waals surface area contributed by atoms with Crippen LogP contribution in [0.2, 0.25) is 0 Å². The van der Waals surface area contributed by atoms with Crippen molar-refractivity contribution in [3.63, 3.8) is 0 Å². The van der Waals surface area contributed by atoms with E-state index in [9.17, 15) is 14.7 Å². The van der Waals surface area contributed by atoms with Crippen molar-refractivity contribution in [2.24, 2.45) is 23.7 Å². The van der Waals surface area contributed by atoms with Crippen molar-refractivity contribution in [3.8, 4) is 0 Å². The first-order valence-electron chi connectivity index (χ1n) is 7.77. The van der Waals surface area contributed by atoms with Crippen molar-refractivity contribution in [1.82, 2.24) is 0 Å².